The van der Waals surface area contributed by atoms with Crippen LogP contribution < -0.4 is 19.3 Å². The molecule has 0 atom stereocenters. The topological polar surface area (TPSA) is 99.5 Å². The number of nitrogens with zero attached hydrogens (tertiary/aromatic N) is 2. The zero-order chi connectivity index (χ0) is 47.7. The molecule has 3 aromatic carbocycles. The number of Topliss-reactive ketones (excluding diaryl/α,β-unsaturated/α-hetero) is 2. The Labute approximate surface area is 390 Å². The standard InChI is InChI=1S/C58H64N2O6/c1-15-33-35-21-19-31(65-13)23-41(35)55(5,6)43(33)25-37-51(61)39(52(37)62)27-49-57(9,10)45-29-48-46(30-47(45)59(49)17-3)58(11,12)50(60(48)18-4)28-40-53(63)38(54(40)64)26-44-34(16-2)36-22-20-32(66-14)24-42(36)56(44,7)8/h19-30,61,63H,15-18H2,1-14H3. The molecule has 0 spiro atoms. The van der Waals surface area contributed by atoms with Gasteiger partial charge < -0.3 is 29.5 Å². The summed E-state index contributed by atoms with van der Waals surface area (Å²) in [5, 5.41) is 23.3. The lowest BCUT2D eigenvalue weighted by Gasteiger charge is -2.30. The highest BCUT2D eigenvalue weighted by Gasteiger charge is 2.48. The number of fused-ring (bicyclic) bond motifs is 4. The highest BCUT2D eigenvalue weighted by atomic mass is 16.5. The van der Waals surface area contributed by atoms with Gasteiger partial charge in [-0.15, -0.1) is 0 Å². The predicted octanol–water partition coefficient (Wildman–Crippen LogP) is 12.7. The van der Waals surface area contributed by atoms with E-state index in [1.165, 1.54) is 11.1 Å². The Bertz CT molecular complexity index is 2790. The number of aliphatic hydroxyl groups excluding tert-OH is 2. The van der Waals surface area contributed by atoms with Gasteiger partial charge in [-0.1, -0.05) is 81.4 Å². The van der Waals surface area contributed by atoms with Crippen LogP contribution in [0.25, 0.3) is 11.1 Å². The molecule has 0 aromatic heterocycles. The smallest absolute Gasteiger partial charge is 0.200 e. The van der Waals surface area contributed by atoms with Crippen molar-refractivity contribution in [2.24, 2.45) is 0 Å². The Balaban J connectivity index is 1.05. The minimum Gasteiger partial charge on any atom is -0.506 e. The van der Waals surface area contributed by atoms with E-state index in [-0.39, 0.29) is 33.9 Å². The molecule has 0 radical (unpaired) electrons. The van der Waals surface area contributed by atoms with E-state index in [1.54, 1.807) is 14.2 Å². The molecule has 6 aliphatic rings. The number of benzene rings is 3. The third-order valence-electron chi connectivity index (χ3n) is 15.8. The van der Waals surface area contributed by atoms with Crippen LogP contribution >= 0.6 is 0 Å². The second-order valence-corrected chi connectivity index (χ2v) is 20.5. The number of methoxy groups -OCH3 is 2. The molecule has 8 nitrogen and oxygen atoms in total. The summed E-state index contributed by atoms with van der Waals surface area (Å²) in [5.41, 5.74) is 14.9. The van der Waals surface area contributed by atoms with Crippen molar-refractivity contribution in [3.63, 3.8) is 0 Å². The molecule has 0 unspecified atom stereocenters. The second-order valence-electron chi connectivity index (χ2n) is 20.5. The van der Waals surface area contributed by atoms with Crippen molar-refractivity contribution in [1.29, 1.82) is 0 Å². The van der Waals surface area contributed by atoms with E-state index in [9.17, 15) is 19.8 Å². The van der Waals surface area contributed by atoms with Gasteiger partial charge in [-0.05, 0) is 143 Å². The lowest BCUT2D eigenvalue weighted by molar-refractivity contribution is -0.114. The normalized spacial score (nSPS) is 23.1. The summed E-state index contributed by atoms with van der Waals surface area (Å²) in [5.74, 6) is 1.32. The summed E-state index contributed by atoms with van der Waals surface area (Å²) < 4.78 is 11.1. The van der Waals surface area contributed by atoms with Gasteiger partial charge >= 0.3 is 0 Å². The molecular weight excluding hydrogens is 821 g/mol. The third kappa shape index (κ3) is 6.01. The summed E-state index contributed by atoms with van der Waals surface area (Å²) in [4.78, 5) is 32.7. The molecule has 0 bridgehead atoms. The molecule has 8 heteroatoms. The van der Waals surface area contributed by atoms with Crippen molar-refractivity contribution >= 4 is 34.1 Å². The van der Waals surface area contributed by atoms with Crippen LogP contribution in [0, 0.1) is 0 Å². The molecule has 9 rings (SSSR count). The SMILES string of the molecule is CCC1=C(C=C2C(=O)C(C=C3N(CC)c4cc5c(cc4C3(C)C)N(CC)C(=CC3=C(O)C(=CC4=C(CC)c6ccc(OC)cc6C4(C)C)C3=O)C5(C)C)=C2O)C(C)(C)c2cc(OC)ccc21. The van der Waals surface area contributed by atoms with Crippen LogP contribution in [0.15, 0.2) is 129 Å². The summed E-state index contributed by atoms with van der Waals surface area (Å²) in [6.07, 6.45) is 9.21. The number of anilines is 2. The summed E-state index contributed by atoms with van der Waals surface area (Å²) in [6.45, 7) is 27.2. The number of rotatable bonds is 10. The first kappa shape index (κ1) is 44.9. The number of allylic oxidation sites excluding steroid dienone is 14. The Morgan fingerprint density at radius 1 is 0.515 bits per heavy atom. The van der Waals surface area contributed by atoms with Crippen LogP contribution in [0.2, 0.25) is 0 Å². The average Bonchev–Trinajstić information content (AvgIpc) is 3.83. The van der Waals surface area contributed by atoms with Gasteiger partial charge in [-0.25, -0.2) is 0 Å². The van der Waals surface area contributed by atoms with Crippen LogP contribution in [0.4, 0.5) is 11.4 Å². The number of hydrogen-bond donors (Lipinski definition) is 2. The number of aliphatic hydroxyl groups is 2. The maximum Gasteiger partial charge on any atom is 0.200 e. The molecule has 2 heterocycles. The van der Waals surface area contributed by atoms with Crippen LogP contribution in [0.1, 0.15) is 129 Å². The molecule has 0 fully saturated rings. The predicted molar refractivity (Wildman–Crippen MR) is 267 cm³/mol. The maximum absolute atomic E-state index is 14.1. The number of ketones is 2. The van der Waals surface area contributed by atoms with Crippen LogP contribution in [0.3, 0.4) is 0 Å². The maximum atomic E-state index is 14.1. The first-order valence-corrected chi connectivity index (χ1v) is 23.6. The van der Waals surface area contributed by atoms with E-state index in [4.69, 9.17) is 9.47 Å². The van der Waals surface area contributed by atoms with Crippen molar-refractivity contribution in [1.82, 2.24) is 0 Å². The Kier molecular flexibility index (Phi) is 10.3. The van der Waals surface area contributed by atoms with Crippen LogP contribution in [-0.2, 0) is 31.2 Å². The van der Waals surface area contributed by atoms with Crippen LogP contribution in [-0.4, -0.2) is 49.1 Å². The molecular formula is C58H64N2O6. The Hall–Kier alpha value is -6.28. The van der Waals surface area contributed by atoms with Gasteiger partial charge in [0.15, 0.2) is 0 Å². The largest absolute Gasteiger partial charge is 0.506 e. The number of ether oxygens (including phenoxy) is 2. The zero-order valence-corrected chi connectivity index (χ0v) is 41.2. The van der Waals surface area contributed by atoms with Gasteiger partial charge in [0, 0.05) is 57.5 Å². The molecule has 66 heavy (non-hydrogen) atoms. The first-order valence-electron chi connectivity index (χ1n) is 23.6. The molecule has 0 amide bonds. The average molecular weight is 885 g/mol. The quantitative estimate of drug-likeness (QED) is 0.194. The molecule has 2 N–H and O–H groups in total. The van der Waals surface area contributed by atoms with Crippen molar-refractivity contribution in [3.05, 3.63) is 163 Å². The van der Waals surface area contributed by atoms with Crippen LogP contribution in [0.5, 0.6) is 11.5 Å². The fourth-order valence-electron chi connectivity index (χ4n) is 11.9. The van der Waals surface area contributed by atoms with E-state index in [2.05, 4.69) is 129 Å². The number of carbonyl (C=O) groups is 2. The summed E-state index contributed by atoms with van der Waals surface area (Å²) in [7, 11) is 3.34. The minimum atomic E-state index is -0.509. The first-order chi connectivity index (χ1) is 31.1. The zero-order valence-electron chi connectivity index (χ0n) is 41.2. The lowest BCUT2D eigenvalue weighted by Crippen LogP contribution is -2.30. The highest BCUT2D eigenvalue weighted by Crippen LogP contribution is 2.58. The monoisotopic (exact) mass is 884 g/mol. The van der Waals surface area contributed by atoms with Crippen molar-refractivity contribution in [3.8, 4) is 11.5 Å². The van der Waals surface area contributed by atoms with Gasteiger partial charge in [0.1, 0.15) is 23.0 Å². The number of hydrogen-bond acceptors (Lipinski definition) is 8. The van der Waals surface area contributed by atoms with Gasteiger partial charge in [-0.2, -0.15) is 0 Å². The van der Waals surface area contributed by atoms with Gasteiger partial charge in [0.05, 0.1) is 36.5 Å². The van der Waals surface area contributed by atoms with E-state index in [0.717, 1.165) is 91.6 Å². The number of likely N-dealkylation sites (N-methyl/N-ethyl adjacent to an activating group) is 2. The van der Waals surface area contributed by atoms with Crippen molar-refractivity contribution in [2.75, 3.05) is 37.1 Å². The number of carbonyl (C=O) groups excluding carboxylic acids is 2. The van der Waals surface area contributed by atoms with Gasteiger partial charge in [0.2, 0.25) is 11.6 Å². The fourth-order valence-corrected chi connectivity index (χ4v) is 11.9. The minimum absolute atomic E-state index is 0.0273. The molecule has 4 aliphatic carbocycles. The lowest BCUT2D eigenvalue weighted by atomic mass is 9.76. The third-order valence-corrected chi connectivity index (χ3v) is 15.8. The van der Waals surface area contributed by atoms with Crippen molar-refractivity contribution < 1.29 is 29.3 Å². The molecule has 2 aliphatic heterocycles. The van der Waals surface area contributed by atoms with E-state index >= 15 is 0 Å². The second kappa shape index (κ2) is 15.1. The summed E-state index contributed by atoms with van der Waals surface area (Å²) in [6, 6.07) is 16.9. The van der Waals surface area contributed by atoms with Crippen molar-refractivity contribution in [2.45, 2.75) is 118 Å². The Morgan fingerprint density at radius 3 is 1.18 bits per heavy atom. The van der Waals surface area contributed by atoms with E-state index < -0.39 is 10.8 Å². The fraction of sp³-hybridized carbons (Fsp3) is 0.379. The van der Waals surface area contributed by atoms with E-state index in [0.29, 0.717) is 35.4 Å². The van der Waals surface area contributed by atoms with Gasteiger partial charge in [-0.3, -0.25) is 9.59 Å². The Morgan fingerprint density at radius 2 is 0.879 bits per heavy atom. The molecule has 342 valence electrons. The summed E-state index contributed by atoms with van der Waals surface area (Å²) >= 11 is 0. The van der Waals surface area contributed by atoms with Gasteiger partial charge in [0.25, 0.3) is 0 Å². The molecule has 3 aromatic rings. The van der Waals surface area contributed by atoms with E-state index in [1.807, 2.05) is 36.4 Å². The highest BCUT2D eigenvalue weighted by molar-refractivity contribution is 6.22. The molecule has 0 saturated heterocycles. The molecule has 0 saturated carbocycles.